The van der Waals surface area contributed by atoms with Crippen LogP contribution in [0.2, 0.25) is 0 Å². The molecule has 2 N–H and O–H groups in total. The highest BCUT2D eigenvalue weighted by Crippen LogP contribution is 2.49. The quantitative estimate of drug-likeness (QED) is 0.817. The molecule has 0 unspecified atom stereocenters. The summed E-state index contributed by atoms with van der Waals surface area (Å²) < 4.78 is 0. The Labute approximate surface area is 125 Å². The molecule has 3 nitrogen and oxygen atoms in total. The average Bonchev–Trinajstić information content (AvgIpc) is 2.63. The van der Waals surface area contributed by atoms with Crippen molar-refractivity contribution in [2.24, 2.45) is 0 Å². The van der Waals surface area contributed by atoms with E-state index >= 15 is 0 Å². The molecule has 1 aliphatic rings. The lowest BCUT2D eigenvalue weighted by atomic mass is 9.80. The van der Waals surface area contributed by atoms with Crippen molar-refractivity contribution in [3.05, 3.63) is 23.3 Å². The van der Waals surface area contributed by atoms with Crippen LogP contribution in [0.5, 0.6) is 0 Å². The predicted molar refractivity (Wildman–Crippen MR) is 87.0 cm³/mol. The van der Waals surface area contributed by atoms with Gasteiger partial charge in [0.05, 0.1) is 0 Å². The van der Waals surface area contributed by atoms with E-state index in [9.17, 15) is 4.79 Å². The number of thioether (sulfide) groups is 1. The lowest BCUT2D eigenvalue weighted by molar-refractivity contribution is 0.254. The number of benzene rings is 1. The van der Waals surface area contributed by atoms with E-state index < -0.39 is 0 Å². The Bertz CT molecular complexity index is 544. The molecule has 20 heavy (non-hydrogen) atoms. The molecule has 0 saturated carbocycles. The summed E-state index contributed by atoms with van der Waals surface area (Å²) in [5.41, 5.74) is 3.76. The summed E-state index contributed by atoms with van der Waals surface area (Å²) >= 11 is 1.93. The van der Waals surface area contributed by atoms with Gasteiger partial charge in [0.15, 0.2) is 0 Å². The van der Waals surface area contributed by atoms with E-state index in [1.165, 1.54) is 16.0 Å². The molecule has 1 aliphatic heterocycles. The molecule has 0 spiro atoms. The number of rotatable bonds is 1. The fourth-order valence-electron chi connectivity index (χ4n) is 2.44. The Morgan fingerprint density at radius 3 is 2.50 bits per heavy atom. The standard InChI is InChI=1S/C16H24N2OS/c1-15(2,3)11-7-10(18-14(19)17-6)8-12-13(11)20-9-16(12,4)5/h7-8H,9H2,1-6H3,(H2,17,18,19). The maximum atomic E-state index is 11.6. The van der Waals surface area contributed by atoms with Crippen LogP contribution in [0.25, 0.3) is 0 Å². The first-order valence-electron chi connectivity index (χ1n) is 6.96. The van der Waals surface area contributed by atoms with E-state index in [1.54, 1.807) is 7.05 Å². The Morgan fingerprint density at radius 1 is 1.30 bits per heavy atom. The van der Waals surface area contributed by atoms with Crippen LogP contribution in [-0.4, -0.2) is 18.8 Å². The van der Waals surface area contributed by atoms with Crippen LogP contribution >= 0.6 is 11.8 Å². The molecular formula is C16H24N2OS. The van der Waals surface area contributed by atoms with Crippen molar-refractivity contribution in [1.82, 2.24) is 5.32 Å². The monoisotopic (exact) mass is 292 g/mol. The summed E-state index contributed by atoms with van der Waals surface area (Å²) in [5.74, 6) is 1.09. The number of amides is 2. The Kier molecular flexibility index (Phi) is 3.80. The third-order valence-corrected chi connectivity index (χ3v) is 5.28. The van der Waals surface area contributed by atoms with E-state index in [0.29, 0.717) is 0 Å². The molecule has 1 aromatic rings. The van der Waals surface area contributed by atoms with Crippen molar-refractivity contribution in [1.29, 1.82) is 0 Å². The molecule has 0 radical (unpaired) electrons. The minimum Gasteiger partial charge on any atom is -0.341 e. The molecule has 0 bridgehead atoms. The first-order chi connectivity index (χ1) is 9.15. The van der Waals surface area contributed by atoms with Gasteiger partial charge in [-0.2, -0.15) is 0 Å². The van der Waals surface area contributed by atoms with Gasteiger partial charge in [-0.1, -0.05) is 34.6 Å². The fraction of sp³-hybridized carbons (Fsp3) is 0.562. The maximum absolute atomic E-state index is 11.6. The second kappa shape index (κ2) is 4.99. The molecule has 2 rings (SSSR count). The van der Waals surface area contributed by atoms with Gasteiger partial charge >= 0.3 is 6.03 Å². The average molecular weight is 292 g/mol. The minimum atomic E-state index is -0.173. The van der Waals surface area contributed by atoms with Crippen molar-refractivity contribution in [2.75, 3.05) is 18.1 Å². The SMILES string of the molecule is CNC(=O)Nc1cc(C(C)(C)C)c2c(c1)C(C)(C)CS2. The van der Waals surface area contributed by atoms with Crippen LogP contribution in [0.3, 0.4) is 0 Å². The molecular weight excluding hydrogens is 268 g/mol. The maximum Gasteiger partial charge on any atom is 0.318 e. The highest BCUT2D eigenvalue weighted by Gasteiger charge is 2.35. The molecule has 0 aromatic heterocycles. The van der Waals surface area contributed by atoms with Crippen molar-refractivity contribution in [2.45, 2.75) is 50.3 Å². The molecule has 0 atom stereocenters. The lowest BCUT2D eigenvalue weighted by Gasteiger charge is -2.25. The van der Waals surface area contributed by atoms with Crippen LogP contribution < -0.4 is 10.6 Å². The van der Waals surface area contributed by atoms with Crippen LogP contribution in [0, 0.1) is 0 Å². The van der Waals surface area contributed by atoms with Gasteiger partial charge in [0.1, 0.15) is 0 Å². The molecule has 0 aliphatic carbocycles. The number of hydrogen-bond donors (Lipinski definition) is 2. The van der Waals surface area contributed by atoms with Gasteiger partial charge in [-0.05, 0) is 28.7 Å². The zero-order valence-corrected chi connectivity index (χ0v) is 14.0. The minimum absolute atomic E-state index is 0.0673. The van der Waals surface area contributed by atoms with Crippen LogP contribution in [0.1, 0.15) is 45.7 Å². The number of anilines is 1. The Balaban J connectivity index is 2.56. The first kappa shape index (κ1) is 15.2. The van der Waals surface area contributed by atoms with Gasteiger partial charge in [0.2, 0.25) is 0 Å². The second-order valence-electron chi connectivity index (χ2n) is 7.03. The number of nitrogens with one attached hydrogen (secondary N) is 2. The van der Waals surface area contributed by atoms with Crippen molar-refractivity contribution >= 4 is 23.5 Å². The van der Waals surface area contributed by atoms with Crippen LogP contribution in [0.4, 0.5) is 10.5 Å². The van der Waals surface area contributed by atoms with Gasteiger partial charge in [-0.15, -0.1) is 11.8 Å². The molecule has 1 aromatic carbocycles. The lowest BCUT2D eigenvalue weighted by Crippen LogP contribution is -2.25. The third kappa shape index (κ3) is 2.80. The van der Waals surface area contributed by atoms with Crippen molar-refractivity contribution in [3.8, 4) is 0 Å². The van der Waals surface area contributed by atoms with Gasteiger partial charge in [0, 0.05) is 28.8 Å². The van der Waals surface area contributed by atoms with Gasteiger partial charge in [-0.3, -0.25) is 0 Å². The van der Waals surface area contributed by atoms with Gasteiger partial charge in [0.25, 0.3) is 0 Å². The zero-order chi connectivity index (χ0) is 15.1. The predicted octanol–water partition coefficient (Wildman–Crippen LogP) is 4.12. The van der Waals surface area contributed by atoms with E-state index in [0.717, 1.165) is 11.4 Å². The van der Waals surface area contributed by atoms with E-state index in [2.05, 4.69) is 57.4 Å². The second-order valence-corrected chi connectivity index (χ2v) is 8.01. The van der Waals surface area contributed by atoms with Gasteiger partial charge < -0.3 is 10.6 Å². The number of carbonyl (C=O) groups excluding carboxylic acids is 1. The highest BCUT2D eigenvalue weighted by molar-refractivity contribution is 7.99. The Morgan fingerprint density at radius 2 is 1.95 bits per heavy atom. The summed E-state index contributed by atoms with van der Waals surface area (Å²) in [6, 6.07) is 4.07. The molecule has 0 fully saturated rings. The summed E-state index contributed by atoms with van der Waals surface area (Å²) in [4.78, 5) is 13.0. The first-order valence-corrected chi connectivity index (χ1v) is 7.94. The van der Waals surface area contributed by atoms with E-state index in [1.807, 2.05) is 11.8 Å². The number of carbonyl (C=O) groups is 1. The number of urea groups is 1. The van der Waals surface area contributed by atoms with Crippen LogP contribution in [0.15, 0.2) is 17.0 Å². The third-order valence-electron chi connectivity index (χ3n) is 3.69. The smallest absolute Gasteiger partial charge is 0.318 e. The van der Waals surface area contributed by atoms with Crippen LogP contribution in [-0.2, 0) is 10.8 Å². The summed E-state index contributed by atoms with van der Waals surface area (Å²) in [6.45, 7) is 11.2. The zero-order valence-electron chi connectivity index (χ0n) is 13.2. The molecule has 2 amide bonds. The Hall–Kier alpha value is -1.16. The van der Waals surface area contributed by atoms with E-state index in [4.69, 9.17) is 0 Å². The highest BCUT2D eigenvalue weighted by atomic mass is 32.2. The summed E-state index contributed by atoms with van der Waals surface area (Å²) in [5, 5.41) is 5.52. The molecule has 4 heteroatoms. The largest absolute Gasteiger partial charge is 0.341 e. The number of hydrogen-bond acceptors (Lipinski definition) is 2. The molecule has 0 saturated heterocycles. The van der Waals surface area contributed by atoms with E-state index in [-0.39, 0.29) is 16.9 Å². The topological polar surface area (TPSA) is 41.1 Å². The summed E-state index contributed by atoms with van der Waals surface area (Å²) in [6.07, 6.45) is 0. The number of fused-ring (bicyclic) bond motifs is 1. The summed E-state index contributed by atoms with van der Waals surface area (Å²) in [7, 11) is 1.63. The molecule has 110 valence electrons. The molecule has 1 heterocycles. The normalized spacial score (nSPS) is 16.7. The fourth-order valence-corrected chi connectivity index (χ4v) is 4.11. The van der Waals surface area contributed by atoms with Gasteiger partial charge in [-0.25, -0.2) is 4.79 Å². The van der Waals surface area contributed by atoms with Crippen molar-refractivity contribution in [3.63, 3.8) is 0 Å². The van der Waals surface area contributed by atoms with Crippen molar-refractivity contribution < 1.29 is 4.79 Å².